The molecule has 0 radical (unpaired) electrons. The Morgan fingerprint density at radius 1 is 1.33 bits per heavy atom. The highest BCUT2D eigenvalue weighted by Crippen LogP contribution is 2.15. The van der Waals surface area contributed by atoms with Crippen LogP contribution in [-0.2, 0) is 4.79 Å². The first-order valence-corrected chi connectivity index (χ1v) is 6.24. The molecule has 6 nitrogen and oxygen atoms in total. The van der Waals surface area contributed by atoms with Gasteiger partial charge in [-0.3, -0.25) is 4.79 Å². The van der Waals surface area contributed by atoms with Crippen molar-refractivity contribution < 1.29 is 4.79 Å². The zero-order valence-electron chi connectivity index (χ0n) is 10.9. The van der Waals surface area contributed by atoms with E-state index in [1.165, 1.54) is 6.33 Å². The second-order valence-corrected chi connectivity index (χ2v) is 4.45. The maximum atomic E-state index is 11.3. The van der Waals surface area contributed by atoms with Crippen molar-refractivity contribution in [2.75, 3.05) is 43.4 Å². The Morgan fingerprint density at radius 3 is 2.72 bits per heavy atom. The number of carbonyl (C=O) groups excluding carboxylic acids is 1. The van der Waals surface area contributed by atoms with E-state index in [0.29, 0.717) is 12.2 Å². The van der Waals surface area contributed by atoms with Crippen molar-refractivity contribution in [3.8, 4) is 0 Å². The number of nitrogens with one attached hydrogen (secondary N) is 1. The molecule has 18 heavy (non-hydrogen) atoms. The van der Waals surface area contributed by atoms with Crippen molar-refractivity contribution in [1.29, 1.82) is 0 Å². The summed E-state index contributed by atoms with van der Waals surface area (Å²) in [5, 5.41) is 2.75. The van der Waals surface area contributed by atoms with E-state index in [1.807, 2.05) is 13.0 Å². The average Bonchev–Trinajstić information content (AvgIpc) is 2.40. The predicted molar refractivity (Wildman–Crippen MR) is 70.7 cm³/mol. The Labute approximate surface area is 107 Å². The number of aromatic nitrogens is 2. The first-order valence-electron chi connectivity index (χ1n) is 6.24. The molecule has 0 spiro atoms. The van der Waals surface area contributed by atoms with Gasteiger partial charge >= 0.3 is 0 Å². The predicted octanol–water partition coefficient (Wildman–Crippen LogP) is 0.577. The van der Waals surface area contributed by atoms with Crippen LogP contribution in [0.5, 0.6) is 0 Å². The molecule has 1 aliphatic heterocycles. The van der Waals surface area contributed by atoms with Gasteiger partial charge in [0.1, 0.15) is 18.0 Å². The van der Waals surface area contributed by atoms with Crippen molar-refractivity contribution >= 4 is 17.5 Å². The van der Waals surface area contributed by atoms with E-state index in [1.54, 1.807) is 0 Å². The number of nitrogens with zero attached hydrogens (tertiary/aromatic N) is 4. The Kier molecular flexibility index (Phi) is 4.09. The summed E-state index contributed by atoms with van der Waals surface area (Å²) in [6.45, 7) is 5.78. The topological polar surface area (TPSA) is 61.4 Å². The first-order chi connectivity index (χ1) is 8.69. The third-order valence-corrected chi connectivity index (χ3v) is 3.07. The van der Waals surface area contributed by atoms with Gasteiger partial charge in [0.05, 0.1) is 0 Å². The fraction of sp³-hybridized carbons (Fsp3) is 0.583. The minimum absolute atomic E-state index is 0.0296. The zero-order chi connectivity index (χ0) is 13.0. The van der Waals surface area contributed by atoms with Gasteiger partial charge in [-0.05, 0) is 7.05 Å². The highest BCUT2D eigenvalue weighted by molar-refractivity contribution is 5.89. The quantitative estimate of drug-likeness (QED) is 0.849. The Balaban J connectivity index is 2.05. The lowest BCUT2D eigenvalue weighted by molar-refractivity contribution is -0.115. The van der Waals surface area contributed by atoms with Crippen molar-refractivity contribution in [2.24, 2.45) is 0 Å². The molecule has 2 heterocycles. The second kappa shape index (κ2) is 5.77. The van der Waals surface area contributed by atoms with Crippen LogP contribution < -0.4 is 10.2 Å². The number of likely N-dealkylation sites (N-methyl/N-ethyl adjacent to an activating group) is 1. The summed E-state index contributed by atoms with van der Waals surface area (Å²) in [6, 6.07) is 1.83. The van der Waals surface area contributed by atoms with Crippen LogP contribution in [0.3, 0.4) is 0 Å². The van der Waals surface area contributed by atoms with Gasteiger partial charge in [-0.1, -0.05) is 6.92 Å². The number of hydrogen-bond donors (Lipinski definition) is 1. The molecule has 98 valence electrons. The summed E-state index contributed by atoms with van der Waals surface area (Å²) in [5.41, 5.74) is 0. The number of anilines is 2. The fourth-order valence-electron chi connectivity index (χ4n) is 1.86. The summed E-state index contributed by atoms with van der Waals surface area (Å²) in [5.74, 6) is 1.42. The van der Waals surface area contributed by atoms with Crippen LogP contribution in [-0.4, -0.2) is 54.0 Å². The standard InChI is InChI=1S/C12H19N5O/c1-3-12(18)15-10-8-11(14-9-13-10)17-6-4-16(2)5-7-17/h8-9H,3-7H2,1-2H3,(H,13,14,15,18). The molecule has 1 aromatic rings. The van der Waals surface area contributed by atoms with E-state index < -0.39 is 0 Å². The van der Waals surface area contributed by atoms with Gasteiger partial charge in [0, 0.05) is 38.7 Å². The molecule has 0 unspecified atom stereocenters. The summed E-state index contributed by atoms with van der Waals surface area (Å²) >= 11 is 0. The minimum atomic E-state index is -0.0296. The summed E-state index contributed by atoms with van der Waals surface area (Å²) in [7, 11) is 2.12. The van der Waals surface area contributed by atoms with Crippen molar-refractivity contribution in [2.45, 2.75) is 13.3 Å². The van der Waals surface area contributed by atoms with Gasteiger partial charge in [-0.2, -0.15) is 0 Å². The summed E-state index contributed by atoms with van der Waals surface area (Å²) in [6.07, 6.45) is 1.95. The van der Waals surface area contributed by atoms with E-state index in [9.17, 15) is 4.79 Å². The molecule has 0 aliphatic carbocycles. The molecule has 0 atom stereocenters. The maximum absolute atomic E-state index is 11.3. The van der Waals surface area contributed by atoms with Gasteiger partial charge < -0.3 is 15.1 Å². The normalized spacial score (nSPS) is 16.7. The van der Waals surface area contributed by atoms with E-state index in [4.69, 9.17) is 0 Å². The molecule has 0 saturated carbocycles. The van der Waals surface area contributed by atoms with Crippen LogP contribution >= 0.6 is 0 Å². The third-order valence-electron chi connectivity index (χ3n) is 3.07. The first kappa shape index (κ1) is 12.8. The molecule has 1 amide bonds. The lowest BCUT2D eigenvalue weighted by atomic mass is 10.3. The molecule has 0 aromatic carbocycles. The monoisotopic (exact) mass is 249 g/mol. The van der Waals surface area contributed by atoms with E-state index in [0.717, 1.165) is 32.0 Å². The minimum Gasteiger partial charge on any atom is -0.354 e. The highest BCUT2D eigenvalue weighted by atomic mass is 16.1. The Bertz CT molecular complexity index is 415. The van der Waals surface area contributed by atoms with Crippen LogP contribution in [0, 0.1) is 0 Å². The zero-order valence-corrected chi connectivity index (χ0v) is 10.9. The molecule has 1 aromatic heterocycles. The van der Waals surface area contributed by atoms with Crippen LogP contribution in [0.4, 0.5) is 11.6 Å². The van der Waals surface area contributed by atoms with Crippen molar-refractivity contribution in [1.82, 2.24) is 14.9 Å². The van der Waals surface area contributed by atoms with Gasteiger partial charge in [-0.25, -0.2) is 9.97 Å². The lowest BCUT2D eigenvalue weighted by Crippen LogP contribution is -2.44. The maximum Gasteiger partial charge on any atom is 0.225 e. The smallest absolute Gasteiger partial charge is 0.225 e. The number of piperazine rings is 1. The number of carbonyl (C=O) groups is 1. The number of hydrogen-bond acceptors (Lipinski definition) is 5. The molecule has 1 aliphatic rings. The van der Waals surface area contributed by atoms with Crippen LogP contribution in [0.2, 0.25) is 0 Å². The van der Waals surface area contributed by atoms with Crippen LogP contribution in [0.15, 0.2) is 12.4 Å². The molecule has 1 fully saturated rings. The lowest BCUT2D eigenvalue weighted by Gasteiger charge is -2.33. The fourth-order valence-corrected chi connectivity index (χ4v) is 1.86. The Hall–Kier alpha value is -1.69. The number of rotatable bonds is 3. The Morgan fingerprint density at radius 2 is 2.06 bits per heavy atom. The second-order valence-electron chi connectivity index (χ2n) is 4.45. The van der Waals surface area contributed by atoms with E-state index >= 15 is 0 Å². The molecule has 2 rings (SSSR count). The molecule has 1 N–H and O–H groups in total. The molecule has 0 bridgehead atoms. The van der Waals surface area contributed by atoms with Gasteiger partial charge in [0.15, 0.2) is 0 Å². The van der Waals surface area contributed by atoms with Gasteiger partial charge in [0.2, 0.25) is 5.91 Å². The molecular weight excluding hydrogens is 230 g/mol. The van der Waals surface area contributed by atoms with Gasteiger partial charge in [0.25, 0.3) is 0 Å². The average molecular weight is 249 g/mol. The summed E-state index contributed by atoms with van der Waals surface area (Å²) < 4.78 is 0. The van der Waals surface area contributed by atoms with E-state index in [2.05, 4.69) is 32.1 Å². The summed E-state index contributed by atoms with van der Waals surface area (Å²) in [4.78, 5) is 24.1. The van der Waals surface area contributed by atoms with Gasteiger partial charge in [-0.15, -0.1) is 0 Å². The molecule has 1 saturated heterocycles. The molecular formula is C12H19N5O. The van der Waals surface area contributed by atoms with Crippen LogP contribution in [0.1, 0.15) is 13.3 Å². The molecule has 6 heteroatoms. The highest BCUT2D eigenvalue weighted by Gasteiger charge is 2.15. The third kappa shape index (κ3) is 3.16. The van der Waals surface area contributed by atoms with Crippen molar-refractivity contribution in [3.05, 3.63) is 12.4 Å². The van der Waals surface area contributed by atoms with E-state index in [-0.39, 0.29) is 5.91 Å². The largest absolute Gasteiger partial charge is 0.354 e. The number of amides is 1. The van der Waals surface area contributed by atoms with Crippen molar-refractivity contribution in [3.63, 3.8) is 0 Å². The van der Waals surface area contributed by atoms with Crippen LogP contribution in [0.25, 0.3) is 0 Å². The SMILES string of the molecule is CCC(=O)Nc1cc(N2CCN(C)CC2)ncn1.